The predicted molar refractivity (Wildman–Crippen MR) is 57.3 cm³/mol. The zero-order valence-corrected chi connectivity index (χ0v) is 9.62. The summed E-state index contributed by atoms with van der Waals surface area (Å²) in [4.78, 5) is 0. The Hall–Kier alpha value is -1.07. The van der Waals surface area contributed by atoms with Gasteiger partial charge in [-0.3, -0.25) is 0 Å². The van der Waals surface area contributed by atoms with Gasteiger partial charge in [0.05, 0.1) is 18.3 Å². The molecule has 0 spiro atoms. The Morgan fingerprint density at radius 3 is 1.94 bits per heavy atom. The van der Waals surface area contributed by atoms with E-state index in [-0.39, 0.29) is 6.61 Å². The van der Waals surface area contributed by atoms with Crippen LogP contribution in [0.1, 0.15) is 31.1 Å². The maximum atomic E-state index is 12.3. The van der Waals surface area contributed by atoms with Crippen LogP contribution in [0, 0.1) is 5.41 Å². The van der Waals surface area contributed by atoms with Crippen LogP contribution in [0.25, 0.3) is 0 Å². The van der Waals surface area contributed by atoms with Crippen LogP contribution in [0.4, 0.5) is 13.2 Å². The Bertz CT molecular complexity index is 368. The van der Waals surface area contributed by atoms with Gasteiger partial charge in [-0.05, 0) is 17.7 Å². The SMILES string of the molecule is CC(C)(CO)[C@@H](O)c1ccc(C(F)(F)F)cc1. The Labute approximate surface area is 97.7 Å². The van der Waals surface area contributed by atoms with Gasteiger partial charge in [0, 0.05) is 5.41 Å². The van der Waals surface area contributed by atoms with Gasteiger partial charge >= 0.3 is 6.18 Å². The highest BCUT2D eigenvalue weighted by molar-refractivity contribution is 5.26. The molecule has 0 saturated carbocycles. The fourth-order valence-corrected chi connectivity index (χ4v) is 1.39. The molecule has 0 saturated heterocycles. The number of rotatable bonds is 3. The average Bonchev–Trinajstić information content (AvgIpc) is 2.27. The molecule has 96 valence electrons. The molecule has 2 N–H and O–H groups in total. The second-order valence-corrected chi connectivity index (χ2v) is 4.67. The van der Waals surface area contributed by atoms with Crippen molar-refractivity contribution >= 4 is 0 Å². The van der Waals surface area contributed by atoms with Gasteiger partial charge < -0.3 is 10.2 Å². The van der Waals surface area contributed by atoms with Gasteiger partial charge in [0.25, 0.3) is 0 Å². The summed E-state index contributed by atoms with van der Waals surface area (Å²) >= 11 is 0. The van der Waals surface area contributed by atoms with Crippen LogP contribution in [0.15, 0.2) is 24.3 Å². The Kier molecular flexibility index (Phi) is 3.84. The summed E-state index contributed by atoms with van der Waals surface area (Å²) in [7, 11) is 0. The summed E-state index contributed by atoms with van der Waals surface area (Å²) in [6.07, 6.45) is -5.38. The first kappa shape index (κ1) is 14.0. The molecule has 0 bridgehead atoms. The lowest BCUT2D eigenvalue weighted by molar-refractivity contribution is -0.137. The monoisotopic (exact) mass is 248 g/mol. The highest BCUT2D eigenvalue weighted by atomic mass is 19.4. The minimum atomic E-state index is -4.38. The molecule has 0 unspecified atom stereocenters. The molecule has 0 aliphatic heterocycles. The molecular weight excluding hydrogens is 233 g/mol. The quantitative estimate of drug-likeness (QED) is 0.863. The molecule has 1 atom stereocenters. The molecule has 0 aromatic heterocycles. The van der Waals surface area contributed by atoms with Crippen molar-refractivity contribution in [3.8, 4) is 0 Å². The molecule has 1 rings (SSSR count). The van der Waals surface area contributed by atoms with Crippen molar-refractivity contribution in [3.63, 3.8) is 0 Å². The Morgan fingerprint density at radius 1 is 1.12 bits per heavy atom. The van der Waals surface area contributed by atoms with Gasteiger partial charge in [0.2, 0.25) is 0 Å². The highest BCUT2D eigenvalue weighted by Gasteiger charge is 2.32. The zero-order chi connectivity index (χ0) is 13.3. The molecule has 1 aromatic rings. The van der Waals surface area contributed by atoms with Gasteiger partial charge in [-0.25, -0.2) is 0 Å². The Balaban J connectivity index is 2.96. The van der Waals surface area contributed by atoms with Crippen LogP contribution in [0.2, 0.25) is 0 Å². The van der Waals surface area contributed by atoms with Crippen molar-refractivity contribution in [1.29, 1.82) is 0 Å². The second kappa shape index (κ2) is 4.66. The lowest BCUT2D eigenvalue weighted by Crippen LogP contribution is -2.26. The van der Waals surface area contributed by atoms with Gasteiger partial charge in [0.1, 0.15) is 0 Å². The van der Waals surface area contributed by atoms with Crippen LogP contribution in [0.5, 0.6) is 0 Å². The van der Waals surface area contributed by atoms with Crippen LogP contribution in [-0.2, 0) is 6.18 Å². The maximum Gasteiger partial charge on any atom is 0.416 e. The predicted octanol–water partition coefficient (Wildman–Crippen LogP) is 2.76. The minimum absolute atomic E-state index is 0.255. The van der Waals surface area contributed by atoms with Crippen LogP contribution < -0.4 is 0 Å². The second-order valence-electron chi connectivity index (χ2n) is 4.67. The maximum absolute atomic E-state index is 12.3. The Morgan fingerprint density at radius 2 is 1.59 bits per heavy atom. The number of alkyl halides is 3. The molecule has 0 fully saturated rings. The van der Waals surface area contributed by atoms with E-state index in [1.807, 2.05) is 0 Å². The third-order valence-corrected chi connectivity index (χ3v) is 2.70. The molecule has 2 nitrogen and oxygen atoms in total. The van der Waals surface area contributed by atoms with Crippen LogP contribution in [-0.4, -0.2) is 16.8 Å². The van der Waals surface area contributed by atoms with Crippen LogP contribution in [0.3, 0.4) is 0 Å². The zero-order valence-electron chi connectivity index (χ0n) is 9.62. The fourth-order valence-electron chi connectivity index (χ4n) is 1.39. The average molecular weight is 248 g/mol. The summed E-state index contributed by atoms with van der Waals surface area (Å²) < 4.78 is 37.0. The van der Waals surface area contributed by atoms with Gasteiger partial charge in [-0.1, -0.05) is 26.0 Å². The van der Waals surface area contributed by atoms with Gasteiger partial charge in [-0.15, -0.1) is 0 Å². The summed E-state index contributed by atoms with van der Waals surface area (Å²) in [5.41, 5.74) is -1.19. The number of aliphatic hydroxyl groups is 2. The molecule has 0 heterocycles. The molecule has 1 aromatic carbocycles. The minimum Gasteiger partial charge on any atom is -0.396 e. The summed E-state index contributed by atoms with van der Waals surface area (Å²) in [5.74, 6) is 0. The summed E-state index contributed by atoms with van der Waals surface area (Å²) in [6, 6.07) is 4.30. The normalized spacial score (nSPS) is 14.8. The van der Waals surface area contributed by atoms with Crippen molar-refractivity contribution in [2.24, 2.45) is 5.41 Å². The molecule has 17 heavy (non-hydrogen) atoms. The molecule has 0 radical (unpaired) electrons. The summed E-state index contributed by atoms with van der Waals surface area (Å²) in [6.45, 7) is 3.01. The number of hydrogen-bond donors (Lipinski definition) is 2. The first-order chi connectivity index (χ1) is 7.68. The molecule has 0 aliphatic carbocycles. The smallest absolute Gasteiger partial charge is 0.396 e. The van der Waals surface area contributed by atoms with Gasteiger partial charge in [-0.2, -0.15) is 13.2 Å². The standard InChI is InChI=1S/C12H15F3O2/c1-11(2,7-16)10(17)8-3-5-9(6-4-8)12(13,14)15/h3-6,10,16-17H,7H2,1-2H3/t10-/m0/s1. The lowest BCUT2D eigenvalue weighted by Gasteiger charge is -2.28. The fraction of sp³-hybridized carbons (Fsp3) is 0.500. The highest BCUT2D eigenvalue weighted by Crippen LogP contribution is 2.35. The van der Waals surface area contributed by atoms with Gasteiger partial charge in [0.15, 0.2) is 0 Å². The first-order valence-corrected chi connectivity index (χ1v) is 5.14. The van der Waals surface area contributed by atoms with Crippen molar-refractivity contribution in [2.45, 2.75) is 26.1 Å². The molecule has 0 amide bonds. The topological polar surface area (TPSA) is 40.5 Å². The third kappa shape index (κ3) is 3.20. The van der Waals surface area contributed by atoms with E-state index in [0.717, 1.165) is 12.1 Å². The number of benzene rings is 1. The number of hydrogen-bond acceptors (Lipinski definition) is 2. The van der Waals surface area contributed by atoms with Crippen molar-refractivity contribution in [2.75, 3.05) is 6.61 Å². The van der Waals surface area contributed by atoms with E-state index >= 15 is 0 Å². The summed E-state index contributed by atoms with van der Waals surface area (Å²) in [5, 5.41) is 19.0. The number of aliphatic hydroxyl groups excluding tert-OH is 2. The lowest BCUT2D eigenvalue weighted by atomic mass is 9.83. The van der Waals surface area contributed by atoms with Crippen molar-refractivity contribution in [1.82, 2.24) is 0 Å². The van der Waals surface area contributed by atoms with Crippen molar-refractivity contribution in [3.05, 3.63) is 35.4 Å². The van der Waals surface area contributed by atoms with Crippen molar-refractivity contribution < 1.29 is 23.4 Å². The van der Waals surface area contributed by atoms with E-state index in [4.69, 9.17) is 5.11 Å². The third-order valence-electron chi connectivity index (χ3n) is 2.70. The molecule has 5 heteroatoms. The first-order valence-electron chi connectivity index (χ1n) is 5.14. The molecular formula is C12H15F3O2. The van der Waals surface area contributed by atoms with E-state index in [9.17, 15) is 18.3 Å². The van der Waals surface area contributed by atoms with E-state index in [1.165, 1.54) is 12.1 Å². The largest absolute Gasteiger partial charge is 0.416 e. The van der Waals surface area contributed by atoms with Crippen LogP contribution >= 0.6 is 0 Å². The van der Waals surface area contributed by atoms with E-state index in [1.54, 1.807) is 13.8 Å². The molecule has 0 aliphatic rings. The van der Waals surface area contributed by atoms with E-state index in [2.05, 4.69) is 0 Å². The van der Waals surface area contributed by atoms with E-state index in [0.29, 0.717) is 5.56 Å². The number of halogens is 3. The van der Waals surface area contributed by atoms with E-state index < -0.39 is 23.3 Å².